The second kappa shape index (κ2) is 5.37. The number of fused-ring (bicyclic) bond motifs is 1. The van der Waals surface area contributed by atoms with Crippen molar-refractivity contribution in [2.45, 2.75) is 25.2 Å². The van der Waals surface area contributed by atoms with E-state index < -0.39 is 16.0 Å². The van der Waals surface area contributed by atoms with E-state index in [4.69, 9.17) is 0 Å². The first kappa shape index (κ1) is 15.5. The number of rotatable bonds is 2. The fraction of sp³-hybridized carbons (Fsp3) is 0.312. The van der Waals surface area contributed by atoms with Gasteiger partial charge in [-0.15, -0.1) is 0 Å². The maximum atomic E-state index is 12.7. The van der Waals surface area contributed by atoms with Crippen molar-refractivity contribution in [2.24, 2.45) is 11.8 Å². The molecule has 6 heteroatoms. The third kappa shape index (κ3) is 2.55. The van der Waals surface area contributed by atoms with Crippen LogP contribution in [0.25, 0.3) is 0 Å². The van der Waals surface area contributed by atoms with E-state index >= 15 is 0 Å². The summed E-state index contributed by atoms with van der Waals surface area (Å²) >= 11 is 1.24. The molecule has 116 valence electrons. The summed E-state index contributed by atoms with van der Waals surface area (Å²) < 4.78 is 33.1. The Hall–Kier alpha value is -1.37. The van der Waals surface area contributed by atoms with E-state index in [1.54, 1.807) is 0 Å². The van der Waals surface area contributed by atoms with Crippen LogP contribution < -0.4 is 0 Å². The van der Waals surface area contributed by atoms with Crippen LogP contribution >= 0.6 is 11.8 Å². The zero-order valence-corrected chi connectivity index (χ0v) is 13.9. The molecule has 1 heterocycles. The molecule has 1 N–H and O–H groups in total. The molecule has 2 aliphatic rings. The van der Waals surface area contributed by atoms with Crippen molar-refractivity contribution in [1.82, 2.24) is 0 Å². The summed E-state index contributed by atoms with van der Waals surface area (Å²) in [6, 6.07) is 7.60. The summed E-state index contributed by atoms with van der Waals surface area (Å²) in [5.74, 6) is -0.582. The van der Waals surface area contributed by atoms with Gasteiger partial charge in [-0.2, -0.15) is 8.42 Å². The average Bonchev–Trinajstić information content (AvgIpc) is 2.44. The van der Waals surface area contributed by atoms with E-state index in [9.17, 15) is 17.8 Å². The van der Waals surface area contributed by atoms with E-state index in [0.717, 1.165) is 10.5 Å². The molecule has 3 rings (SSSR count). The topological polar surface area (TPSA) is 71.4 Å². The molecule has 0 saturated carbocycles. The number of Topliss-reactive ketones (excluding diaryl/α,β-unsaturated/α-hetero) is 1. The van der Waals surface area contributed by atoms with E-state index in [1.165, 1.54) is 17.8 Å². The number of allylic oxidation sites excluding steroid dienone is 2. The second-order valence-corrected chi connectivity index (χ2v) is 8.28. The molecule has 0 spiro atoms. The van der Waals surface area contributed by atoms with Gasteiger partial charge in [0.2, 0.25) is 0 Å². The molecule has 1 aromatic rings. The van der Waals surface area contributed by atoms with Crippen molar-refractivity contribution in [3.05, 3.63) is 51.3 Å². The first-order valence-electron chi connectivity index (χ1n) is 7.02. The van der Waals surface area contributed by atoms with Crippen molar-refractivity contribution in [3.63, 3.8) is 0 Å². The lowest BCUT2D eigenvalue weighted by molar-refractivity contribution is -0.119. The van der Waals surface area contributed by atoms with Crippen LogP contribution in [-0.4, -0.2) is 18.8 Å². The molecule has 1 aliphatic carbocycles. The normalized spacial score (nSPS) is 21.5. The highest BCUT2D eigenvalue weighted by molar-refractivity contribution is 8.05. The summed E-state index contributed by atoms with van der Waals surface area (Å²) in [5.41, 5.74) is 1.51. The quantitative estimate of drug-likeness (QED) is 0.840. The van der Waals surface area contributed by atoms with E-state index in [-0.39, 0.29) is 16.6 Å². The number of hydrogen-bond acceptors (Lipinski definition) is 4. The molecule has 0 aromatic heterocycles. The van der Waals surface area contributed by atoms with Crippen LogP contribution in [-0.2, 0) is 21.3 Å². The molecular weight excluding hydrogens is 320 g/mol. The van der Waals surface area contributed by atoms with Crippen molar-refractivity contribution < 1.29 is 17.8 Å². The molecule has 0 amide bonds. The van der Waals surface area contributed by atoms with Crippen LogP contribution in [0.15, 0.2) is 50.6 Å². The smallest absolute Gasteiger partial charge is 0.294 e. The molecule has 0 fully saturated rings. The lowest BCUT2D eigenvalue weighted by atomic mass is 9.82. The molecule has 22 heavy (non-hydrogen) atoms. The highest BCUT2D eigenvalue weighted by Gasteiger charge is 2.38. The average molecular weight is 336 g/mol. The third-order valence-electron chi connectivity index (χ3n) is 3.98. The first-order chi connectivity index (χ1) is 10.3. The van der Waals surface area contributed by atoms with Gasteiger partial charge in [-0.05, 0) is 17.5 Å². The summed E-state index contributed by atoms with van der Waals surface area (Å²) in [6.07, 6.45) is 1.81. The standard InChI is InChI=1S/C16H16O4S2/c1-9(2)11-8-14(22(18,19)20)16-12(15(11)17)7-10-5-3-4-6-13(10)21-16/h3-6,8-9,11H,7H2,1-2H3,(H,18,19,20). The highest BCUT2D eigenvalue weighted by Crippen LogP contribution is 2.47. The van der Waals surface area contributed by atoms with Gasteiger partial charge in [0, 0.05) is 27.7 Å². The number of ketones is 1. The van der Waals surface area contributed by atoms with Gasteiger partial charge >= 0.3 is 0 Å². The maximum absolute atomic E-state index is 12.7. The molecule has 0 saturated heterocycles. The molecule has 0 radical (unpaired) electrons. The predicted molar refractivity (Wildman–Crippen MR) is 86.0 cm³/mol. The highest BCUT2D eigenvalue weighted by atomic mass is 32.2. The number of thioether (sulfide) groups is 1. The van der Waals surface area contributed by atoms with Crippen LogP contribution in [0, 0.1) is 11.8 Å². The molecule has 4 nitrogen and oxygen atoms in total. The minimum Gasteiger partial charge on any atom is -0.294 e. The molecule has 1 aromatic carbocycles. The monoisotopic (exact) mass is 336 g/mol. The van der Waals surface area contributed by atoms with Crippen molar-refractivity contribution >= 4 is 27.7 Å². The minimum absolute atomic E-state index is 0.0273. The molecule has 0 bridgehead atoms. The van der Waals surface area contributed by atoms with E-state index in [2.05, 4.69) is 0 Å². The van der Waals surface area contributed by atoms with Gasteiger partial charge in [0.25, 0.3) is 10.1 Å². The fourth-order valence-electron chi connectivity index (χ4n) is 2.80. The number of benzene rings is 1. The fourth-order valence-corrected chi connectivity index (χ4v) is 5.02. The Kier molecular flexibility index (Phi) is 3.79. The Morgan fingerprint density at radius 2 is 1.95 bits per heavy atom. The van der Waals surface area contributed by atoms with Crippen LogP contribution in [0.5, 0.6) is 0 Å². The zero-order chi connectivity index (χ0) is 16.1. The molecule has 1 aliphatic heterocycles. The summed E-state index contributed by atoms with van der Waals surface area (Å²) in [4.78, 5) is 13.9. The zero-order valence-electron chi connectivity index (χ0n) is 12.2. The van der Waals surface area contributed by atoms with E-state index in [1.807, 2.05) is 38.1 Å². The van der Waals surface area contributed by atoms with Crippen molar-refractivity contribution in [3.8, 4) is 0 Å². The maximum Gasteiger partial charge on any atom is 0.295 e. The van der Waals surface area contributed by atoms with Crippen LogP contribution in [0.2, 0.25) is 0 Å². The van der Waals surface area contributed by atoms with Gasteiger partial charge in [-0.1, -0.05) is 49.9 Å². The number of carbonyl (C=O) groups is 1. The van der Waals surface area contributed by atoms with Crippen molar-refractivity contribution in [1.29, 1.82) is 0 Å². The van der Waals surface area contributed by atoms with Crippen molar-refractivity contribution in [2.75, 3.05) is 0 Å². The Bertz CT molecular complexity index is 816. The second-order valence-electron chi connectivity index (χ2n) is 5.83. The van der Waals surface area contributed by atoms with Gasteiger partial charge in [0.15, 0.2) is 5.78 Å². The number of hydrogen-bond donors (Lipinski definition) is 1. The Morgan fingerprint density at radius 1 is 1.27 bits per heavy atom. The van der Waals surface area contributed by atoms with Gasteiger partial charge in [-0.3, -0.25) is 9.35 Å². The van der Waals surface area contributed by atoms with Crippen LogP contribution in [0.4, 0.5) is 0 Å². The largest absolute Gasteiger partial charge is 0.295 e. The van der Waals surface area contributed by atoms with Crippen LogP contribution in [0.1, 0.15) is 19.4 Å². The number of carbonyl (C=O) groups excluding carboxylic acids is 1. The predicted octanol–water partition coefficient (Wildman–Crippen LogP) is 3.22. The molecule has 1 atom stereocenters. The summed E-state index contributed by atoms with van der Waals surface area (Å²) in [5, 5.41) is 0. The molecular formula is C16H16O4S2. The summed E-state index contributed by atoms with van der Waals surface area (Å²) in [7, 11) is -4.36. The third-order valence-corrected chi connectivity index (χ3v) is 6.29. The Morgan fingerprint density at radius 3 is 2.59 bits per heavy atom. The first-order valence-corrected chi connectivity index (χ1v) is 9.27. The minimum atomic E-state index is -4.36. The van der Waals surface area contributed by atoms with Gasteiger partial charge in [0.05, 0.1) is 0 Å². The SMILES string of the molecule is CC(C)C1C=C(S(=O)(=O)O)C2=C(Cc3ccccc3S2)C1=O. The Labute approximate surface area is 134 Å². The van der Waals surface area contributed by atoms with Gasteiger partial charge in [-0.25, -0.2) is 0 Å². The van der Waals surface area contributed by atoms with Crippen LogP contribution in [0.3, 0.4) is 0 Å². The molecule has 1 unspecified atom stereocenters. The lowest BCUT2D eigenvalue weighted by Crippen LogP contribution is -2.29. The van der Waals surface area contributed by atoms with Gasteiger partial charge < -0.3 is 0 Å². The van der Waals surface area contributed by atoms with Gasteiger partial charge in [0.1, 0.15) is 4.91 Å². The Balaban J connectivity index is 2.17. The summed E-state index contributed by atoms with van der Waals surface area (Å²) in [6.45, 7) is 3.74. The lowest BCUT2D eigenvalue weighted by Gasteiger charge is -2.30. The van der Waals surface area contributed by atoms with E-state index in [0.29, 0.717) is 16.9 Å².